The zero-order valence-corrected chi connectivity index (χ0v) is 13.3. The standard InChI is InChI=1S/C17H19F2NO4/c1-24-9-17(16(22)23)5-6-20(8-17)15(21)12-7-11(12)10-3-2-4-13(18)14(10)19/h2-4,11-12H,5-9H2,1H3,(H,22,23). The number of benzene rings is 1. The fourth-order valence-electron chi connectivity index (χ4n) is 3.54. The van der Waals surface area contributed by atoms with E-state index in [-0.39, 0.29) is 30.5 Å². The topological polar surface area (TPSA) is 66.8 Å². The van der Waals surface area contributed by atoms with Crippen molar-refractivity contribution >= 4 is 11.9 Å². The Morgan fingerprint density at radius 1 is 1.42 bits per heavy atom. The zero-order valence-electron chi connectivity index (χ0n) is 13.3. The van der Waals surface area contributed by atoms with Crippen molar-refractivity contribution in [1.82, 2.24) is 4.90 Å². The van der Waals surface area contributed by atoms with E-state index in [9.17, 15) is 23.5 Å². The van der Waals surface area contributed by atoms with E-state index in [4.69, 9.17) is 4.74 Å². The summed E-state index contributed by atoms with van der Waals surface area (Å²) < 4.78 is 32.2. The molecule has 1 aliphatic heterocycles. The third kappa shape index (κ3) is 2.77. The summed E-state index contributed by atoms with van der Waals surface area (Å²) >= 11 is 0. The summed E-state index contributed by atoms with van der Waals surface area (Å²) in [7, 11) is 1.43. The zero-order chi connectivity index (χ0) is 17.5. The molecule has 1 amide bonds. The molecule has 130 valence electrons. The molecule has 3 rings (SSSR count). The monoisotopic (exact) mass is 339 g/mol. The van der Waals surface area contributed by atoms with E-state index < -0.39 is 28.9 Å². The van der Waals surface area contributed by atoms with E-state index in [0.717, 1.165) is 6.07 Å². The fraction of sp³-hybridized carbons (Fsp3) is 0.529. The molecule has 1 saturated carbocycles. The molecule has 3 atom stereocenters. The number of amides is 1. The number of rotatable bonds is 5. The van der Waals surface area contributed by atoms with Crippen molar-refractivity contribution in [1.29, 1.82) is 0 Å². The van der Waals surface area contributed by atoms with Gasteiger partial charge in [-0.3, -0.25) is 9.59 Å². The first-order chi connectivity index (χ1) is 11.4. The number of carboxylic acids is 1. The van der Waals surface area contributed by atoms with Crippen molar-refractivity contribution in [3.05, 3.63) is 35.4 Å². The van der Waals surface area contributed by atoms with Gasteiger partial charge in [0.25, 0.3) is 0 Å². The largest absolute Gasteiger partial charge is 0.481 e. The number of ether oxygens (including phenoxy) is 1. The van der Waals surface area contributed by atoms with Gasteiger partial charge in [0.2, 0.25) is 5.91 Å². The molecular weight excluding hydrogens is 320 g/mol. The average molecular weight is 339 g/mol. The molecule has 0 bridgehead atoms. The number of nitrogens with zero attached hydrogens (tertiary/aromatic N) is 1. The second-order valence-electron chi connectivity index (χ2n) is 6.62. The van der Waals surface area contributed by atoms with Crippen LogP contribution in [0.15, 0.2) is 18.2 Å². The third-order valence-electron chi connectivity index (χ3n) is 5.03. The molecule has 1 saturated heterocycles. The normalized spacial score (nSPS) is 28.9. The van der Waals surface area contributed by atoms with Crippen LogP contribution in [0.1, 0.15) is 24.3 Å². The van der Waals surface area contributed by atoms with Gasteiger partial charge in [-0.05, 0) is 30.4 Å². The molecule has 0 aromatic heterocycles. The van der Waals surface area contributed by atoms with Crippen molar-refractivity contribution < 1.29 is 28.2 Å². The Kier molecular flexibility index (Phi) is 4.29. The quantitative estimate of drug-likeness (QED) is 0.891. The number of halogens is 2. The van der Waals surface area contributed by atoms with Crippen LogP contribution in [-0.2, 0) is 14.3 Å². The molecule has 1 aliphatic carbocycles. The Morgan fingerprint density at radius 2 is 2.17 bits per heavy atom. The summed E-state index contributed by atoms with van der Waals surface area (Å²) in [5.74, 6) is -3.75. The lowest BCUT2D eigenvalue weighted by molar-refractivity contribution is -0.151. The molecule has 0 radical (unpaired) electrons. The number of aliphatic carboxylic acids is 1. The highest BCUT2D eigenvalue weighted by molar-refractivity contribution is 5.85. The van der Waals surface area contributed by atoms with E-state index in [1.165, 1.54) is 24.1 Å². The Hall–Kier alpha value is -2.02. The van der Waals surface area contributed by atoms with Gasteiger partial charge in [0.05, 0.1) is 6.61 Å². The minimum Gasteiger partial charge on any atom is -0.481 e. The first-order valence-corrected chi connectivity index (χ1v) is 7.84. The fourth-order valence-corrected chi connectivity index (χ4v) is 3.54. The van der Waals surface area contributed by atoms with Crippen molar-refractivity contribution in [2.75, 3.05) is 26.8 Å². The Morgan fingerprint density at radius 3 is 2.83 bits per heavy atom. The molecule has 1 aromatic rings. The number of carboxylic acid groups (broad SMARTS) is 1. The van der Waals surface area contributed by atoms with Crippen LogP contribution in [0.4, 0.5) is 8.78 Å². The first-order valence-electron chi connectivity index (χ1n) is 7.84. The second-order valence-corrected chi connectivity index (χ2v) is 6.62. The van der Waals surface area contributed by atoms with Gasteiger partial charge in [-0.1, -0.05) is 12.1 Å². The van der Waals surface area contributed by atoms with E-state index in [1.807, 2.05) is 0 Å². The van der Waals surface area contributed by atoms with Gasteiger partial charge in [0.15, 0.2) is 11.6 Å². The highest BCUT2D eigenvalue weighted by Gasteiger charge is 2.52. The number of carbonyl (C=O) groups excluding carboxylic acids is 1. The minimum absolute atomic E-state index is 0.0404. The van der Waals surface area contributed by atoms with Gasteiger partial charge in [-0.2, -0.15) is 0 Å². The lowest BCUT2D eigenvalue weighted by Crippen LogP contribution is -2.40. The van der Waals surface area contributed by atoms with Crippen molar-refractivity contribution in [3.63, 3.8) is 0 Å². The van der Waals surface area contributed by atoms with E-state index in [0.29, 0.717) is 19.4 Å². The maximum absolute atomic E-state index is 13.8. The lowest BCUT2D eigenvalue weighted by atomic mass is 9.88. The van der Waals surface area contributed by atoms with Gasteiger partial charge in [0.1, 0.15) is 5.41 Å². The van der Waals surface area contributed by atoms with Crippen molar-refractivity contribution in [3.8, 4) is 0 Å². The van der Waals surface area contributed by atoms with Crippen LogP contribution in [-0.4, -0.2) is 48.7 Å². The van der Waals surface area contributed by atoms with Crippen LogP contribution in [0, 0.1) is 23.0 Å². The van der Waals surface area contributed by atoms with Crippen LogP contribution in [0.5, 0.6) is 0 Å². The number of likely N-dealkylation sites (tertiary alicyclic amines) is 1. The number of carbonyl (C=O) groups is 2. The Labute approximate surface area is 138 Å². The van der Waals surface area contributed by atoms with Gasteiger partial charge in [-0.15, -0.1) is 0 Å². The second kappa shape index (κ2) is 6.12. The lowest BCUT2D eigenvalue weighted by Gasteiger charge is -2.24. The van der Waals surface area contributed by atoms with Crippen molar-refractivity contribution in [2.45, 2.75) is 18.8 Å². The van der Waals surface area contributed by atoms with Gasteiger partial charge in [0, 0.05) is 26.1 Å². The maximum atomic E-state index is 13.8. The van der Waals surface area contributed by atoms with Gasteiger partial charge >= 0.3 is 5.97 Å². The first kappa shape index (κ1) is 16.8. The molecule has 1 heterocycles. The number of hydrogen-bond donors (Lipinski definition) is 1. The van der Waals surface area contributed by atoms with E-state index in [2.05, 4.69) is 0 Å². The third-order valence-corrected chi connectivity index (χ3v) is 5.03. The highest BCUT2D eigenvalue weighted by atomic mass is 19.2. The smallest absolute Gasteiger partial charge is 0.313 e. The average Bonchev–Trinajstić information content (AvgIpc) is 3.21. The molecule has 3 unspecified atom stereocenters. The summed E-state index contributed by atoms with van der Waals surface area (Å²) in [6, 6.07) is 3.97. The highest BCUT2D eigenvalue weighted by Crippen LogP contribution is 2.50. The van der Waals surface area contributed by atoms with Crippen LogP contribution >= 0.6 is 0 Å². The summed E-state index contributed by atoms with van der Waals surface area (Å²) in [4.78, 5) is 25.6. The molecule has 24 heavy (non-hydrogen) atoms. The molecule has 7 heteroatoms. The Bertz CT molecular complexity index is 681. The number of hydrogen-bond acceptors (Lipinski definition) is 3. The molecule has 1 aromatic carbocycles. The van der Waals surface area contributed by atoms with Crippen molar-refractivity contribution in [2.24, 2.45) is 11.3 Å². The van der Waals surface area contributed by atoms with E-state index >= 15 is 0 Å². The van der Waals surface area contributed by atoms with Gasteiger partial charge in [-0.25, -0.2) is 8.78 Å². The van der Waals surface area contributed by atoms with Crippen LogP contribution in [0.25, 0.3) is 0 Å². The SMILES string of the molecule is COCC1(C(=O)O)CCN(C(=O)C2CC2c2cccc(F)c2F)C1. The summed E-state index contributed by atoms with van der Waals surface area (Å²) in [6.45, 7) is 0.464. The molecule has 2 aliphatic rings. The summed E-state index contributed by atoms with van der Waals surface area (Å²) in [5, 5.41) is 9.44. The summed E-state index contributed by atoms with van der Waals surface area (Å²) in [6.07, 6.45) is 0.785. The predicted molar refractivity (Wildman–Crippen MR) is 80.3 cm³/mol. The Balaban J connectivity index is 1.69. The molecular formula is C17H19F2NO4. The molecule has 0 spiro atoms. The predicted octanol–water partition coefficient (Wildman–Crippen LogP) is 2.02. The van der Waals surface area contributed by atoms with Crippen LogP contribution in [0.2, 0.25) is 0 Å². The minimum atomic E-state index is -1.08. The van der Waals surface area contributed by atoms with Crippen LogP contribution < -0.4 is 0 Å². The molecule has 1 N–H and O–H groups in total. The van der Waals surface area contributed by atoms with E-state index in [1.54, 1.807) is 0 Å². The number of methoxy groups -OCH3 is 1. The summed E-state index contributed by atoms with van der Waals surface area (Å²) in [5.41, 5.74) is -0.868. The maximum Gasteiger partial charge on any atom is 0.313 e. The molecule has 2 fully saturated rings. The molecule has 5 nitrogen and oxygen atoms in total. The van der Waals surface area contributed by atoms with Crippen LogP contribution in [0.3, 0.4) is 0 Å². The van der Waals surface area contributed by atoms with Gasteiger partial charge < -0.3 is 14.7 Å².